The number of benzene rings is 1. The number of amides is 2. The minimum absolute atomic E-state index is 0.00242. The van der Waals surface area contributed by atoms with Crippen molar-refractivity contribution in [1.82, 2.24) is 5.32 Å². The summed E-state index contributed by atoms with van der Waals surface area (Å²) in [5.74, 6) is 0.538. The van der Waals surface area contributed by atoms with Crippen LogP contribution >= 0.6 is 0 Å². The van der Waals surface area contributed by atoms with Crippen molar-refractivity contribution in [2.45, 2.75) is 117 Å². The van der Waals surface area contributed by atoms with E-state index in [9.17, 15) is 9.59 Å². The fraction of sp³-hybridized carbons (Fsp3) is 0.704. The van der Waals surface area contributed by atoms with Gasteiger partial charge in [-0.25, -0.2) is 4.79 Å². The monoisotopic (exact) mass is 446 g/mol. The van der Waals surface area contributed by atoms with Crippen LogP contribution in [0.15, 0.2) is 24.3 Å². The topological polar surface area (TPSA) is 67.4 Å². The Bertz CT molecular complexity index is 662. The lowest BCUT2D eigenvalue weighted by Gasteiger charge is -2.25. The first kappa shape index (κ1) is 28.0. The van der Waals surface area contributed by atoms with Crippen molar-refractivity contribution < 1.29 is 14.3 Å². The number of nitrogens with one attached hydrogen (secondary N) is 2. The molecular weight excluding hydrogens is 400 g/mol. The van der Waals surface area contributed by atoms with E-state index in [-0.39, 0.29) is 18.0 Å². The maximum Gasteiger partial charge on any atom is 0.407 e. The highest BCUT2D eigenvalue weighted by Gasteiger charge is 2.20. The number of carbonyl (C=O) groups excluding carboxylic acids is 2. The van der Waals surface area contributed by atoms with Crippen molar-refractivity contribution in [2.24, 2.45) is 5.92 Å². The number of unbranched alkanes of at least 4 members (excludes halogenated alkanes) is 6. The summed E-state index contributed by atoms with van der Waals surface area (Å²) in [5, 5.41) is 6.01. The third-order valence-corrected chi connectivity index (χ3v) is 5.20. The van der Waals surface area contributed by atoms with Gasteiger partial charge in [0.2, 0.25) is 5.91 Å². The smallest absolute Gasteiger partial charge is 0.407 e. The Morgan fingerprint density at radius 2 is 1.53 bits per heavy atom. The Morgan fingerprint density at radius 3 is 2.09 bits per heavy atom. The number of hydrogen-bond donors (Lipinski definition) is 2. The molecule has 1 atom stereocenters. The maximum atomic E-state index is 12.2. The molecule has 0 aliphatic heterocycles. The summed E-state index contributed by atoms with van der Waals surface area (Å²) in [4.78, 5) is 24.4. The Kier molecular flexibility index (Phi) is 13.0. The molecule has 0 radical (unpaired) electrons. The lowest BCUT2D eigenvalue weighted by molar-refractivity contribution is -0.116. The van der Waals surface area contributed by atoms with Gasteiger partial charge in [0.25, 0.3) is 0 Å². The quantitative estimate of drug-likeness (QED) is 0.296. The van der Waals surface area contributed by atoms with E-state index >= 15 is 0 Å². The van der Waals surface area contributed by atoms with Gasteiger partial charge in [-0.2, -0.15) is 0 Å². The fourth-order valence-corrected chi connectivity index (χ4v) is 3.71. The van der Waals surface area contributed by atoms with Gasteiger partial charge < -0.3 is 15.4 Å². The highest BCUT2D eigenvalue weighted by molar-refractivity contribution is 5.90. The zero-order valence-electron chi connectivity index (χ0n) is 21.3. The van der Waals surface area contributed by atoms with E-state index in [0.29, 0.717) is 12.3 Å². The van der Waals surface area contributed by atoms with E-state index in [1.54, 1.807) is 0 Å². The Balaban J connectivity index is 2.47. The molecule has 0 heterocycles. The van der Waals surface area contributed by atoms with Crippen LogP contribution in [-0.2, 0) is 16.0 Å². The number of hydrogen-bond acceptors (Lipinski definition) is 3. The molecule has 0 fully saturated rings. The third kappa shape index (κ3) is 14.1. The third-order valence-electron chi connectivity index (χ3n) is 5.20. The highest BCUT2D eigenvalue weighted by atomic mass is 16.6. The summed E-state index contributed by atoms with van der Waals surface area (Å²) in [7, 11) is 0. The minimum Gasteiger partial charge on any atom is -0.444 e. The molecule has 1 unspecified atom stereocenters. The lowest BCUT2D eigenvalue weighted by atomic mass is 9.97. The van der Waals surface area contributed by atoms with E-state index in [2.05, 4.69) is 31.4 Å². The summed E-state index contributed by atoms with van der Waals surface area (Å²) in [6.07, 6.45) is 10.2. The van der Waals surface area contributed by atoms with Gasteiger partial charge in [-0.3, -0.25) is 4.79 Å². The van der Waals surface area contributed by atoms with Crippen molar-refractivity contribution >= 4 is 17.7 Å². The SMILES string of the molecule is CCCCCCCCCC(=O)Nc1ccc(CC(CC(C)C)NC(=O)OC(C)(C)C)cc1. The van der Waals surface area contributed by atoms with Gasteiger partial charge >= 0.3 is 6.09 Å². The molecule has 1 rings (SSSR count). The van der Waals surface area contributed by atoms with Crippen LogP contribution in [0.3, 0.4) is 0 Å². The van der Waals surface area contributed by atoms with E-state index in [1.807, 2.05) is 45.0 Å². The second kappa shape index (κ2) is 14.9. The molecule has 0 aliphatic rings. The first-order valence-corrected chi connectivity index (χ1v) is 12.5. The molecule has 0 aromatic heterocycles. The number of carbonyl (C=O) groups is 2. The molecule has 0 spiro atoms. The van der Waals surface area contributed by atoms with E-state index < -0.39 is 5.60 Å². The van der Waals surface area contributed by atoms with Crippen LogP contribution in [0, 0.1) is 5.92 Å². The van der Waals surface area contributed by atoms with Crippen LogP contribution in [0.1, 0.15) is 105 Å². The zero-order valence-corrected chi connectivity index (χ0v) is 21.3. The highest BCUT2D eigenvalue weighted by Crippen LogP contribution is 2.16. The lowest BCUT2D eigenvalue weighted by Crippen LogP contribution is -2.40. The van der Waals surface area contributed by atoms with Crippen LogP contribution in [0.5, 0.6) is 0 Å². The first-order valence-electron chi connectivity index (χ1n) is 12.5. The van der Waals surface area contributed by atoms with Crippen molar-refractivity contribution in [3.63, 3.8) is 0 Å². The number of anilines is 1. The fourth-order valence-electron chi connectivity index (χ4n) is 3.71. The summed E-state index contributed by atoms with van der Waals surface area (Å²) in [6, 6.07) is 7.93. The standard InChI is InChI=1S/C27H46N2O3/c1-7-8-9-10-11-12-13-14-25(30)28-23-17-15-22(16-18-23)20-24(19-21(2)3)29-26(31)32-27(4,5)6/h15-18,21,24H,7-14,19-20H2,1-6H3,(H,28,30)(H,29,31). The van der Waals surface area contributed by atoms with Crippen LogP contribution in [0.25, 0.3) is 0 Å². The Morgan fingerprint density at radius 1 is 0.938 bits per heavy atom. The molecule has 0 bridgehead atoms. The Hall–Kier alpha value is -2.04. The van der Waals surface area contributed by atoms with E-state index in [4.69, 9.17) is 4.74 Å². The average Bonchev–Trinajstić information content (AvgIpc) is 2.66. The van der Waals surface area contributed by atoms with Crippen LogP contribution in [0.2, 0.25) is 0 Å². The predicted octanol–water partition coefficient (Wildman–Crippen LogP) is 7.25. The predicted molar refractivity (Wildman–Crippen MR) is 134 cm³/mol. The molecule has 32 heavy (non-hydrogen) atoms. The van der Waals surface area contributed by atoms with Crippen molar-refractivity contribution in [3.8, 4) is 0 Å². The van der Waals surface area contributed by atoms with E-state index in [0.717, 1.165) is 36.9 Å². The van der Waals surface area contributed by atoms with Crippen molar-refractivity contribution in [2.75, 3.05) is 5.32 Å². The Labute approximate surface area is 196 Å². The molecule has 1 aromatic rings. The summed E-state index contributed by atoms with van der Waals surface area (Å²) < 4.78 is 5.42. The zero-order chi connectivity index (χ0) is 24.0. The number of ether oxygens (including phenoxy) is 1. The first-order chi connectivity index (χ1) is 15.1. The molecule has 1 aromatic carbocycles. The molecule has 0 aliphatic carbocycles. The summed E-state index contributed by atoms with van der Waals surface area (Å²) in [5.41, 5.74) is 1.43. The maximum absolute atomic E-state index is 12.2. The molecule has 5 nitrogen and oxygen atoms in total. The molecule has 2 amide bonds. The number of rotatable bonds is 14. The van der Waals surface area contributed by atoms with Gasteiger partial charge in [-0.1, -0.05) is 71.4 Å². The molecular formula is C27H46N2O3. The molecule has 0 saturated carbocycles. The molecule has 182 valence electrons. The van der Waals surface area contributed by atoms with Gasteiger partial charge in [0.1, 0.15) is 5.60 Å². The van der Waals surface area contributed by atoms with Crippen LogP contribution in [-0.4, -0.2) is 23.6 Å². The summed E-state index contributed by atoms with van der Waals surface area (Å²) in [6.45, 7) is 12.1. The molecule has 5 heteroatoms. The summed E-state index contributed by atoms with van der Waals surface area (Å²) >= 11 is 0. The van der Waals surface area contributed by atoms with Gasteiger partial charge in [-0.15, -0.1) is 0 Å². The number of alkyl carbamates (subject to hydrolysis) is 1. The van der Waals surface area contributed by atoms with Crippen LogP contribution < -0.4 is 10.6 Å². The average molecular weight is 447 g/mol. The second-order valence-corrected chi connectivity index (χ2v) is 10.3. The van der Waals surface area contributed by atoms with Crippen molar-refractivity contribution in [1.29, 1.82) is 0 Å². The van der Waals surface area contributed by atoms with Crippen molar-refractivity contribution in [3.05, 3.63) is 29.8 Å². The second-order valence-electron chi connectivity index (χ2n) is 10.3. The molecule has 2 N–H and O–H groups in total. The van der Waals surface area contributed by atoms with E-state index in [1.165, 1.54) is 32.1 Å². The van der Waals surface area contributed by atoms with Crippen LogP contribution in [0.4, 0.5) is 10.5 Å². The van der Waals surface area contributed by atoms with Gasteiger partial charge in [0.05, 0.1) is 0 Å². The van der Waals surface area contributed by atoms with Gasteiger partial charge in [-0.05, 0) is 63.6 Å². The molecule has 0 saturated heterocycles. The largest absolute Gasteiger partial charge is 0.444 e. The van der Waals surface area contributed by atoms with Gasteiger partial charge in [0, 0.05) is 18.2 Å². The minimum atomic E-state index is -0.513. The van der Waals surface area contributed by atoms with Gasteiger partial charge in [0.15, 0.2) is 0 Å². The normalized spacial score (nSPS) is 12.5.